The smallest absolute Gasteiger partial charge is 0.261 e. The van der Waals surface area contributed by atoms with Gasteiger partial charge in [-0.15, -0.1) is 0 Å². The minimum Gasteiger partial charge on any atom is -0.461 e. The van der Waals surface area contributed by atoms with Gasteiger partial charge in [-0.3, -0.25) is 19.3 Å². The number of benzene rings is 1. The minimum atomic E-state index is -1.16. The average Bonchev–Trinajstić information content (AvgIpc) is 3.32. The molecule has 3 aromatic heterocycles. The number of aryl methyl sites for hydroxylation is 1. The third-order valence-corrected chi connectivity index (χ3v) is 7.52. The number of aromatic nitrogens is 3. The quantitative estimate of drug-likeness (QED) is 0.312. The Morgan fingerprint density at radius 3 is 2.45 bits per heavy atom. The Labute approximate surface area is 232 Å². The SMILES string of the molecule is CCN1C(=O)C(C)(C)C(=O)N(C)c2cc(CN(CCn3ccc4oc(C)cc4c3=O)Cc3ccnnc3)ccc21. The number of furan rings is 1. The van der Waals surface area contributed by atoms with E-state index in [-0.39, 0.29) is 17.4 Å². The highest BCUT2D eigenvalue weighted by molar-refractivity contribution is 6.19. The molecule has 4 aromatic rings. The van der Waals surface area contributed by atoms with Gasteiger partial charge in [0.15, 0.2) is 0 Å². The molecule has 2 amide bonds. The maximum Gasteiger partial charge on any atom is 0.261 e. The molecule has 208 valence electrons. The van der Waals surface area contributed by atoms with E-state index in [0.29, 0.717) is 55.1 Å². The van der Waals surface area contributed by atoms with E-state index in [1.165, 1.54) is 0 Å². The van der Waals surface area contributed by atoms with Gasteiger partial charge in [-0.25, -0.2) is 0 Å². The lowest BCUT2D eigenvalue weighted by Gasteiger charge is -2.27. The number of nitrogens with zero attached hydrogens (tertiary/aromatic N) is 6. The molecule has 1 aliphatic heterocycles. The second-order valence-electron chi connectivity index (χ2n) is 10.8. The predicted octanol–water partition coefficient (Wildman–Crippen LogP) is 3.75. The summed E-state index contributed by atoms with van der Waals surface area (Å²) in [6.07, 6.45) is 5.16. The number of fused-ring (bicyclic) bond motifs is 2. The standard InChI is InChI=1S/C30H34N6O4/c1-6-36-24-8-7-21(16-25(24)33(5)28(38)30(3,4)29(36)39)18-34(19-22-9-11-31-32-17-22)13-14-35-12-10-26-23(27(35)37)15-20(2)40-26/h7-12,15-17H,6,13-14,18-19H2,1-5H3. The van der Waals surface area contributed by atoms with Crippen LogP contribution in [0.5, 0.6) is 0 Å². The zero-order chi connectivity index (χ0) is 28.6. The van der Waals surface area contributed by atoms with Gasteiger partial charge in [-0.1, -0.05) is 6.07 Å². The van der Waals surface area contributed by atoms with Crippen molar-refractivity contribution in [3.8, 4) is 0 Å². The molecule has 4 heterocycles. The van der Waals surface area contributed by atoms with Gasteiger partial charge in [0, 0.05) is 52.2 Å². The van der Waals surface area contributed by atoms with E-state index in [0.717, 1.165) is 16.8 Å². The van der Waals surface area contributed by atoms with Crippen LogP contribution < -0.4 is 15.4 Å². The van der Waals surface area contributed by atoms with Gasteiger partial charge in [0.1, 0.15) is 16.8 Å². The van der Waals surface area contributed by atoms with E-state index in [2.05, 4.69) is 15.1 Å². The molecule has 0 unspecified atom stereocenters. The van der Waals surface area contributed by atoms with Crippen LogP contribution in [-0.4, -0.2) is 51.6 Å². The van der Waals surface area contributed by atoms with Crippen molar-refractivity contribution in [2.24, 2.45) is 5.41 Å². The van der Waals surface area contributed by atoms with Gasteiger partial charge < -0.3 is 18.8 Å². The van der Waals surface area contributed by atoms with Crippen LogP contribution in [0.2, 0.25) is 0 Å². The topological polar surface area (TPSA) is 105 Å². The lowest BCUT2D eigenvalue weighted by atomic mass is 9.90. The second-order valence-corrected chi connectivity index (χ2v) is 10.8. The number of hydrogen-bond donors (Lipinski definition) is 0. The zero-order valence-electron chi connectivity index (χ0n) is 23.5. The molecular weight excluding hydrogens is 508 g/mol. The Kier molecular flexibility index (Phi) is 7.29. The Hall–Kier alpha value is -4.31. The average molecular weight is 543 g/mol. The van der Waals surface area contributed by atoms with E-state index >= 15 is 0 Å². The van der Waals surface area contributed by atoms with Crippen LogP contribution in [0.15, 0.2) is 64.2 Å². The van der Waals surface area contributed by atoms with Crippen molar-refractivity contribution in [2.75, 3.05) is 29.9 Å². The zero-order valence-corrected chi connectivity index (χ0v) is 23.5. The predicted molar refractivity (Wildman–Crippen MR) is 153 cm³/mol. The highest BCUT2D eigenvalue weighted by Gasteiger charge is 2.45. The summed E-state index contributed by atoms with van der Waals surface area (Å²) >= 11 is 0. The summed E-state index contributed by atoms with van der Waals surface area (Å²) in [7, 11) is 1.72. The van der Waals surface area contributed by atoms with E-state index in [1.54, 1.807) is 59.9 Å². The van der Waals surface area contributed by atoms with Crippen LogP contribution in [-0.2, 0) is 29.2 Å². The van der Waals surface area contributed by atoms with Crippen molar-refractivity contribution < 1.29 is 14.0 Å². The van der Waals surface area contributed by atoms with Gasteiger partial charge in [-0.2, -0.15) is 10.2 Å². The van der Waals surface area contributed by atoms with Gasteiger partial charge in [0.05, 0.1) is 23.0 Å². The molecule has 40 heavy (non-hydrogen) atoms. The Bertz CT molecular complexity index is 1620. The molecule has 1 aromatic carbocycles. The molecule has 0 spiro atoms. The molecular formula is C30H34N6O4. The first-order chi connectivity index (χ1) is 19.1. The van der Waals surface area contributed by atoms with Crippen molar-refractivity contribution in [2.45, 2.75) is 47.3 Å². The molecule has 0 saturated carbocycles. The van der Waals surface area contributed by atoms with Crippen LogP contribution in [0, 0.1) is 12.3 Å². The first kappa shape index (κ1) is 27.3. The lowest BCUT2D eigenvalue weighted by Crippen LogP contribution is -2.47. The van der Waals surface area contributed by atoms with E-state index in [9.17, 15) is 14.4 Å². The summed E-state index contributed by atoms with van der Waals surface area (Å²) in [6.45, 7) is 9.78. The molecule has 0 bridgehead atoms. The fraction of sp³-hybridized carbons (Fsp3) is 0.367. The van der Waals surface area contributed by atoms with Crippen molar-refractivity contribution in [1.29, 1.82) is 0 Å². The second kappa shape index (κ2) is 10.7. The summed E-state index contributed by atoms with van der Waals surface area (Å²) in [5.41, 5.74) is 2.74. The molecule has 10 nitrogen and oxygen atoms in total. The summed E-state index contributed by atoms with van der Waals surface area (Å²) in [4.78, 5) is 45.1. The summed E-state index contributed by atoms with van der Waals surface area (Å²) < 4.78 is 7.30. The number of pyridine rings is 1. The summed E-state index contributed by atoms with van der Waals surface area (Å²) in [5.74, 6) is 0.256. The summed E-state index contributed by atoms with van der Waals surface area (Å²) in [5, 5.41) is 8.47. The third kappa shape index (κ3) is 5.02. The van der Waals surface area contributed by atoms with Crippen LogP contribution in [0.3, 0.4) is 0 Å². The van der Waals surface area contributed by atoms with E-state index < -0.39 is 5.41 Å². The maximum atomic E-state index is 13.3. The normalized spacial score (nSPS) is 15.2. The first-order valence-electron chi connectivity index (χ1n) is 13.4. The Morgan fingerprint density at radius 1 is 0.950 bits per heavy atom. The maximum absolute atomic E-state index is 13.3. The van der Waals surface area contributed by atoms with Gasteiger partial charge in [-0.05, 0) is 69.2 Å². The minimum absolute atomic E-state index is 0.0861. The van der Waals surface area contributed by atoms with Crippen LogP contribution in [0.4, 0.5) is 11.4 Å². The number of carbonyl (C=O) groups is 2. The molecule has 1 aliphatic rings. The fourth-order valence-electron chi connectivity index (χ4n) is 5.32. The van der Waals surface area contributed by atoms with Gasteiger partial charge in [0.25, 0.3) is 5.56 Å². The number of carbonyl (C=O) groups excluding carboxylic acids is 2. The summed E-state index contributed by atoms with van der Waals surface area (Å²) in [6, 6.07) is 11.4. The molecule has 5 rings (SSSR count). The number of amides is 2. The monoisotopic (exact) mass is 542 g/mol. The van der Waals surface area contributed by atoms with E-state index in [1.807, 2.05) is 44.2 Å². The van der Waals surface area contributed by atoms with Crippen LogP contribution in [0.1, 0.15) is 37.7 Å². The molecule has 0 fully saturated rings. The van der Waals surface area contributed by atoms with Crippen LogP contribution in [0.25, 0.3) is 11.0 Å². The van der Waals surface area contributed by atoms with Crippen molar-refractivity contribution in [3.63, 3.8) is 0 Å². The van der Waals surface area contributed by atoms with Crippen molar-refractivity contribution in [3.05, 3.63) is 82.2 Å². The van der Waals surface area contributed by atoms with Crippen molar-refractivity contribution >= 4 is 34.2 Å². The van der Waals surface area contributed by atoms with Gasteiger partial charge in [0.2, 0.25) is 11.8 Å². The first-order valence-corrected chi connectivity index (χ1v) is 13.4. The molecule has 0 radical (unpaired) electrons. The Morgan fingerprint density at radius 2 is 1.73 bits per heavy atom. The molecule has 0 N–H and O–H groups in total. The van der Waals surface area contributed by atoms with E-state index in [4.69, 9.17) is 4.42 Å². The van der Waals surface area contributed by atoms with Crippen LogP contribution >= 0.6 is 0 Å². The molecule has 10 heteroatoms. The fourth-order valence-corrected chi connectivity index (χ4v) is 5.32. The largest absolute Gasteiger partial charge is 0.461 e. The third-order valence-electron chi connectivity index (χ3n) is 7.52. The highest BCUT2D eigenvalue weighted by atomic mass is 16.3. The molecule has 0 aliphatic carbocycles. The number of anilines is 2. The lowest BCUT2D eigenvalue weighted by molar-refractivity contribution is -0.137. The Balaban J connectivity index is 1.44. The highest BCUT2D eigenvalue weighted by Crippen LogP contribution is 2.39. The molecule has 0 saturated heterocycles. The molecule has 0 atom stereocenters. The van der Waals surface area contributed by atoms with Gasteiger partial charge >= 0.3 is 0 Å². The van der Waals surface area contributed by atoms with Crippen molar-refractivity contribution in [1.82, 2.24) is 19.7 Å². The number of rotatable bonds is 8. The number of hydrogen-bond acceptors (Lipinski definition) is 7.